The highest BCUT2D eigenvalue weighted by molar-refractivity contribution is 5.85. The molecule has 1 heterocycles. The number of hydrogen-bond donors (Lipinski definition) is 2. The van der Waals surface area contributed by atoms with Crippen molar-refractivity contribution in [2.75, 3.05) is 33.7 Å². The lowest BCUT2D eigenvalue weighted by molar-refractivity contribution is -0.127. The molecule has 1 aliphatic heterocycles. The smallest absolute Gasteiger partial charge is 0.240 e. The van der Waals surface area contributed by atoms with Crippen LogP contribution in [0.3, 0.4) is 0 Å². The minimum atomic E-state index is -0.334. The molecule has 100 valence electrons. The molecular formula is C13H27N3O. The Labute approximate surface area is 105 Å². The van der Waals surface area contributed by atoms with Gasteiger partial charge in [0.1, 0.15) is 0 Å². The van der Waals surface area contributed by atoms with Crippen LogP contribution in [0.2, 0.25) is 0 Å². The Bertz CT molecular complexity index is 235. The van der Waals surface area contributed by atoms with Gasteiger partial charge in [-0.05, 0) is 66.2 Å². The molecule has 0 radical (unpaired) electrons. The van der Waals surface area contributed by atoms with Crippen molar-refractivity contribution in [3.8, 4) is 0 Å². The summed E-state index contributed by atoms with van der Waals surface area (Å²) < 4.78 is 0. The van der Waals surface area contributed by atoms with E-state index in [0.29, 0.717) is 0 Å². The number of amides is 1. The standard InChI is InChI=1S/C13H27N3O/c1-13(8-4-5-10-15-13)12(17)14-9-6-7-11-16(2)3/h15H,4-11H2,1-3H3,(H,14,17). The fraction of sp³-hybridized carbons (Fsp3) is 0.923. The summed E-state index contributed by atoms with van der Waals surface area (Å²) in [5.41, 5.74) is -0.334. The zero-order valence-electron chi connectivity index (χ0n) is 11.5. The molecule has 1 amide bonds. The van der Waals surface area contributed by atoms with E-state index in [-0.39, 0.29) is 11.4 Å². The monoisotopic (exact) mass is 241 g/mol. The second kappa shape index (κ2) is 6.97. The van der Waals surface area contributed by atoms with Crippen LogP contribution in [0, 0.1) is 0 Å². The molecule has 0 saturated carbocycles. The van der Waals surface area contributed by atoms with E-state index in [9.17, 15) is 4.79 Å². The molecule has 0 aromatic heterocycles. The Morgan fingerprint density at radius 2 is 2.12 bits per heavy atom. The van der Waals surface area contributed by atoms with Crippen molar-refractivity contribution < 1.29 is 4.79 Å². The molecule has 0 aromatic carbocycles. The maximum Gasteiger partial charge on any atom is 0.240 e. The van der Waals surface area contributed by atoms with Gasteiger partial charge in [-0.2, -0.15) is 0 Å². The molecule has 1 fully saturated rings. The van der Waals surface area contributed by atoms with E-state index in [1.54, 1.807) is 0 Å². The fourth-order valence-electron chi connectivity index (χ4n) is 2.20. The summed E-state index contributed by atoms with van der Waals surface area (Å²) in [6, 6.07) is 0. The molecule has 4 heteroatoms. The van der Waals surface area contributed by atoms with Crippen LogP contribution in [-0.4, -0.2) is 50.1 Å². The molecule has 0 spiro atoms. The molecule has 4 nitrogen and oxygen atoms in total. The van der Waals surface area contributed by atoms with Crippen molar-refractivity contribution in [2.45, 2.75) is 44.6 Å². The van der Waals surface area contributed by atoms with Crippen molar-refractivity contribution in [1.82, 2.24) is 15.5 Å². The predicted molar refractivity (Wildman–Crippen MR) is 71.1 cm³/mol. The zero-order chi connectivity index (χ0) is 12.7. The summed E-state index contributed by atoms with van der Waals surface area (Å²) in [7, 11) is 4.15. The number of unbranched alkanes of at least 4 members (excludes halogenated alkanes) is 1. The van der Waals surface area contributed by atoms with Gasteiger partial charge < -0.3 is 15.5 Å². The summed E-state index contributed by atoms with van der Waals surface area (Å²) in [5.74, 6) is 0.169. The van der Waals surface area contributed by atoms with E-state index in [4.69, 9.17) is 0 Å². The van der Waals surface area contributed by atoms with Gasteiger partial charge in [0.2, 0.25) is 5.91 Å². The molecule has 0 aliphatic carbocycles. The number of nitrogens with zero attached hydrogens (tertiary/aromatic N) is 1. The average molecular weight is 241 g/mol. The highest BCUT2D eigenvalue weighted by Crippen LogP contribution is 2.18. The van der Waals surface area contributed by atoms with Crippen LogP contribution in [0.25, 0.3) is 0 Å². The fourth-order valence-corrected chi connectivity index (χ4v) is 2.20. The van der Waals surface area contributed by atoms with Gasteiger partial charge in [-0.3, -0.25) is 4.79 Å². The first kappa shape index (κ1) is 14.5. The normalized spacial score (nSPS) is 24.9. The lowest BCUT2D eigenvalue weighted by Gasteiger charge is -2.33. The zero-order valence-corrected chi connectivity index (χ0v) is 11.5. The lowest BCUT2D eigenvalue weighted by Crippen LogP contribution is -2.57. The summed E-state index contributed by atoms with van der Waals surface area (Å²) in [4.78, 5) is 14.2. The average Bonchev–Trinajstić information content (AvgIpc) is 2.29. The minimum Gasteiger partial charge on any atom is -0.355 e. The van der Waals surface area contributed by atoms with E-state index in [0.717, 1.165) is 45.3 Å². The van der Waals surface area contributed by atoms with Crippen LogP contribution >= 0.6 is 0 Å². The minimum absolute atomic E-state index is 0.169. The highest BCUT2D eigenvalue weighted by Gasteiger charge is 2.33. The lowest BCUT2D eigenvalue weighted by atomic mass is 9.90. The highest BCUT2D eigenvalue weighted by atomic mass is 16.2. The van der Waals surface area contributed by atoms with Crippen molar-refractivity contribution in [3.05, 3.63) is 0 Å². The molecule has 0 bridgehead atoms. The largest absolute Gasteiger partial charge is 0.355 e. The number of hydrogen-bond acceptors (Lipinski definition) is 3. The van der Waals surface area contributed by atoms with Crippen LogP contribution < -0.4 is 10.6 Å². The Morgan fingerprint density at radius 3 is 2.71 bits per heavy atom. The number of carbonyl (C=O) groups is 1. The molecule has 1 saturated heterocycles. The quantitative estimate of drug-likeness (QED) is 0.681. The molecular weight excluding hydrogens is 214 g/mol. The third-order valence-electron chi connectivity index (χ3n) is 3.44. The third kappa shape index (κ3) is 5.04. The predicted octanol–water partition coefficient (Wildman–Crippen LogP) is 0.977. The topological polar surface area (TPSA) is 44.4 Å². The van der Waals surface area contributed by atoms with Gasteiger partial charge in [-0.25, -0.2) is 0 Å². The first-order valence-electron chi connectivity index (χ1n) is 6.73. The molecule has 1 rings (SSSR count). The first-order valence-corrected chi connectivity index (χ1v) is 6.73. The van der Waals surface area contributed by atoms with Gasteiger partial charge in [-0.1, -0.05) is 0 Å². The van der Waals surface area contributed by atoms with Crippen molar-refractivity contribution >= 4 is 5.91 Å². The van der Waals surface area contributed by atoms with Gasteiger partial charge >= 0.3 is 0 Å². The van der Waals surface area contributed by atoms with Gasteiger partial charge in [0, 0.05) is 6.54 Å². The number of piperidine rings is 1. The third-order valence-corrected chi connectivity index (χ3v) is 3.44. The van der Waals surface area contributed by atoms with E-state index in [1.807, 2.05) is 6.92 Å². The second-order valence-electron chi connectivity index (χ2n) is 5.48. The van der Waals surface area contributed by atoms with E-state index >= 15 is 0 Å². The van der Waals surface area contributed by atoms with Gasteiger partial charge in [0.15, 0.2) is 0 Å². The molecule has 0 aromatic rings. The van der Waals surface area contributed by atoms with Crippen LogP contribution in [0.1, 0.15) is 39.0 Å². The van der Waals surface area contributed by atoms with Crippen molar-refractivity contribution in [3.63, 3.8) is 0 Å². The van der Waals surface area contributed by atoms with Gasteiger partial charge in [0.25, 0.3) is 0 Å². The Balaban J connectivity index is 2.15. The Morgan fingerprint density at radius 1 is 1.35 bits per heavy atom. The molecule has 2 N–H and O–H groups in total. The van der Waals surface area contributed by atoms with Crippen LogP contribution in [0.15, 0.2) is 0 Å². The molecule has 1 unspecified atom stereocenters. The van der Waals surface area contributed by atoms with Crippen molar-refractivity contribution in [1.29, 1.82) is 0 Å². The molecule has 17 heavy (non-hydrogen) atoms. The number of rotatable bonds is 6. The van der Waals surface area contributed by atoms with Gasteiger partial charge in [-0.15, -0.1) is 0 Å². The van der Waals surface area contributed by atoms with E-state index in [2.05, 4.69) is 29.6 Å². The van der Waals surface area contributed by atoms with Crippen LogP contribution in [0.4, 0.5) is 0 Å². The number of carbonyl (C=O) groups excluding carboxylic acids is 1. The number of nitrogens with one attached hydrogen (secondary N) is 2. The van der Waals surface area contributed by atoms with Gasteiger partial charge in [0.05, 0.1) is 5.54 Å². The summed E-state index contributed by atoms with van der Waals surface area (Å²) in [6.45, 7) is 4.86. The Kier molecular flexibility index (Phi) is 5.92. The van der Waals surface area contributed by atoms with Crippen LogP contribution in [0.5, 0.6) is 0 Å². The molecule has 1 aliphatic rings. The van der Waals surface area contributed by atoms with E-state index in [1.165, 1.54) is 6.42 Å². The maximum atomic E-state index is 12.0. The second-order valence-corrected chi connectivity index (χ2v) is 5.48. The first-order chi connectivity index (χ1) is 8.04. The summed E-state index contributed by atoms with van der Waals surface area (Å²) in [6.07, 6.45) is 5.48. The van der Waals surface area contributed by atoms with E-state index < -0.39 is 0 Å². The summed E-state index contributed by atoms with van der Waals surface area (Å²) >= 11 is 0. The SMILES string of the molecule is CN(C)CCCCNC(=O)C1(C)CCCCN1. The Hall–Kier alpha value is -0.610. The summed E-state index contributed by atoms with van der Waals surface area (Å²) in [5, 5.41) is 6.38. The van der Waals surface area contributed by atoms with Crippen molar-refractivity contribution in [2.24, 2.45) is 0 Å². The maximum absolute atomic E-state index is 12.0. The van der Waals surface area contributed by atoms with Crippen LogP contribution in [-0.2, 0) is 4.79 Å². The molecule has 1 atom stereocenters.